The second-order valence-corrected chi connectivity index (χ2v) is 9.13. The summed E-state index contributed by atoms with van der Waals surface area (Å²) in [6.07, 6.45) is 3.25. The molecule has 0 radical (unpaired) electrons. The maximum Gasteiger partial charge on any atom is 0.237 e. The lowest BCUT2D eigenvalue weighted by Crippen LogP contribution is -2.30. The number of ether oxygens (including phenoxy) is 1. The number of carbonyl (C=O) groups excluding carboxylic acids is 1. The van der Waals surface area contributed by atoms with Crippen molar-refractivity contribution < 1.29 is 9.53 Å². The fraction of sp³-hybridized carbons (Fsp3) is 0.381. The van der Waals surface area contributed by atoms with E-state index in [1.165, 1.54) is 17.3 Å². The van der Waals surface area contributed by atoms with E-state index in [0.29, 0.717) is 5.75 Å². The first kappa shape index (κ1) is 18.8. The van der Waals surface area contributed by atoms with Crippen molar-refractivity contribution in [2.45, 2.75) is 37.1 Å². The number of aromatic nitrogens is 3. The molecule has 0 unspecified atom stereocenters. The summed E-state index contributed by atoms with van der Waals surface area (Å²) < 4.78 is 7.96. The van der Waals surface area contributed by atoms with Gasteiger partial charge in [0.05, 0.1) is 23.3 Å². The Labute approximate surface area is 177 Å². The van der Waals surface area contributed by atoms with Crippen LogP contribution in [0, 0.1) is 0 Å². The third-order valence-corrected chi connectivity index (χ3v) is 7.20. The van der Waals surface area contributed by atoms with E-state index in [4.69, 9.17) is 4.74 Å². The fourth-order valence-corrected chi connectivity index (χ4v) is 5.48. The van der Waals surface area contributed by atoms with Crippen molar-refractivity contribution in [3.63, 3.8) is 0 Å². The zero-order valence-corrected chi connectivity index (χ0v) is 17.6. The van der Waals surface area contributed by atoms with Crippen LogP contribution in [0.4, 0.5) is 5.69 Å². The summed E-state index contributed by atoms with van der Waals surface area (Å²) in [5, 5.41) is 11.7. The Balaban J connectivity index is 1.33. The Hall–Kier alpha value is -2.16. The van der Waals surface area contributed by atoms with Gasteiger partial charge in [-0.25, -0.2) is 0 Å². The van der Waals surface area contributed by atoms with Crippen molar-refractivity contribution in [3.05, 3.63) is 47.3 Å². The van der Waals surface area contributed by atoms with Crippen molar-refractivity contribution in [3.8, 4) is 10.7 Å². The van der Waals surface area contributed by atoms with E-state index >= 15 is 0 Å². The molecule has 0 saturated carbocycles. The molecule has 6 nitrogen and oxygen atoms in total. The molecule has 5 rings (SSSR count). The highest BCUT2D eigenvalue weighted by Crippen LogP contribution is 2.31. The van der Waals surface area contributed by atoms with E-state index in [1.807, 2.05) is 34.5 Å². The predicted molar refractivity (Wildman–Crippen MR) is 116 cm³/mol. The van der Waals surface area contributed by atoms with Crippen LogP contribution < -0.4 is 4.90 Å². The maximum absolute atomic E-state index is 12.9. The summed E-state index contributed by atoms with van der Waals surface area (Å²) in [4.78, 5) is 15.9. The highest BCUT2D eigenvalue weighted by Gasteiger charge is 2.26. The van der Waals surface area contributed by atoms with Gasteiger partial charge in [-0.15, -0.1) is 21.5 Å². The molecule has 2 aliphatic rings. The van der Waals surface area contributed by atoms with Crippen molar-refractivity contribution >= 4 is 34.7 Å². The van der Waals surface area contributed by atoms with Gasteiger partial charge < -0.3 is 9.64 Å². The topological polar surface area (TPSA) is 60.3 Å². The molecule has 2 aromatic heterocycles. The summed E-state index contributed by atoms with van der Waals surface area (Å²) in [5.74, 6) is 1.32. The zero-order chi connectivity index (χ0) is 19.6. The van der Waals surface area contributed by atoms with Gasteiger partial charge >= 0.3 is 0 Å². The van der Waals surface area contributed by atoms with Crippen LogP contribution in [0.3, 0.4) is 0 Å². The number of carbonyl (C=O) groups is 1. The number of amides is 1. The average molecular weight is 427 g/mol. The van der Waals surface area contributed by atoms with Crippen LogP contribution in [-0.2, 0) is 22.5 Å². The molecule has 1 amide bonds. The molecule has 1 atom stereocenters. The standard InChI is InChI=1S/C21H22N4O2S2/c26-19(24-10-9-15-5-1-2-7-17(15)24)14-29-21-23-22-20(18-8-4-12-28-18)25(21)13-16-6-3-11-27-16/h1-2,4-5,7-8,12,16H,3,6,9-11,13-14H2/t16-/m1/s1. The summed E-state index contributed by atoms with van der Waals surface area (Å²) in [7, 11) is 0. The number of hydrogen-bond acceptors (Lipinski definition) is 6. The molecule has 1 saturated heterocycles. The molecule has 150 valence electrons. The summed E-state index contributed by atoms with van der Waals surface area (Å²) in [5.41, 5.74) is 2.28. The number of rotatable bonds is 6. The van der Waals surface area contributed by atoms with Crippen LogP contribution in [0.1, 0.15) is 18.4 Å². The third-order valence-electron chi connectivity index (χ3n) is 5.38. The first-order chi connectivity index (χ1) is 14.3. The Morgan fingerprint density at radius 1 is 1.24 bits per heavy atom. The Bertz CT molecular complexity index is 996. The molecule has 8 heteroatoms. The van der Waals surface area contributed by atoms with Crippen LogP contribution in [-0.4, -0.2) is 45.7 Å². The van der Waals surface area contributed by atoms with Gasteiger partial charge in [0.15, 0.2) is 11.0 Å². The molecule has 0 N–H and O–H groups in total. The Morgan fingerprint density at radius 3 is 3.00 bits per heavy atom. The van der Waals surface area contributed by atoms with Gasteiger partial charge in [0, 0.05) is 18.8 Å². The SMILES string of the molecule is O=C(CSc1nnc(-c2cccs2)n1C[C@H]1CCCO1)N1CCc2ccccc21. The minimum atomic E-state index is 0.115. The quantitative estimate of drug-likeness (QED) is 0.560. The first-order valence-electron chi connectivity index (χ1n) is 9.89. The van der Waals surface area contributed by atoms with Crippen molar-refractivity contribution in [1.29, 1.82) is 0 Å². The normalized spacial score (nSPS) is 18.3. The van der Waals surface area contributed by atoms with Crippen LogP contribution in [0.15, 0.2) is 46.9 Å². The second kappa shape index (κ2) is 8.30. The molecular weight excluding hydrogens is 404 g/mol. The van der Waals surface area contributed by atoms with Crippen molar-refractivity contribution in [1.82, 2.24) is 14.8 Å². The lowest BCUT2D eigenvalue weighted by Gasteiger charge is -2.17. The average Bonchev–Trinajstić information content (AvgIpc) is 3.53. The molecule has 4 heterocycles. The monoisotopic (exact) mass is 426 g/mol. The number of hydrogen-bond donors (Lipinski definition) is 0. The van der Waals surface area contributed by atoms with Crippen molar-refractivity contribution in [2.75, 3.05) is 23.8 Å². The Morgan fingerprint density at radius 2 is 2.17 bits per heavy atom. The summed E-state index contributed by atoms with van der Waals surface area (Å²) >= 11 is 3.12. The molecular formula is C21H22N4O2S2. The van der Waals surface area contributed by atoms with E-state index in [-0.39, 0.29) is 12.0 Å². The highest BCUT2D eigenvalue weighted by molar-refractivity contribution is 7.99. The van der Waals surface area contributed by atoms with E-state index in [2.05, 4.69) is 26.9 Å². The summed E-state index contributed by atoms with van der Waals surface area (Å²) in [6, 6.07) is 12.2. The lowest BCUT2D eigenvalue weighted by molar-refractivity contribution is -0.116. The number of benzene rings is 1. The molecule has 0 aliphatic carbocycles. The van der Waals surface area contributed by atoms with Gasteiger partial charge in [-0.1, -0.05) is 36.0 Å². The number of thiophene rings is 1. The third kappa shape index (κ3) is 3.84. The van der Waals surface area contributed by atoms with Gasteiger partial charge in [0.25, 0.3) is 0 Å². The molecule has 2 aliphatic heterocycles. The van der Waals surface area contributed by atoms with Crippen LogP contribution in [0.2, 0.25) is 0 Å². The molecule has 3 aromatic rings. The largest absolute Gasteiger partial charge is 0.376 e. The van der Waals surface area contributed by atoms with Gasteiger partial charge in [0.1, 0.15) is 0 Å². The number of para-hydroxylation sites is 1. The van der Waals surface area contributed by atoms with E-state index in [0.717, 1.165) is 60.5 Å². The number of fused-ring (bicyclic) bond motifs is 1. The molecule has 29 heavy (non-hydrogen) atoms. The molecule has 1 fully saturated rings. The lowest BCUT2D eigenvalue weighted by atomic mass is 10.2. The van der Waals surface area contributed by atoms with E-state index in [9.17, 15) is 4.79 Å². The van der Waals surface area contributed by atoms with Gasteiger partial charge in [-0.2, -0.15) is 0 Å². The van der Waals surface area contributed by atoms with Gasteiger partial charge in [-0.05, 0) is 42.3 Å². The predicted octanol–water partition coefficient (Wildman–Crippen LogP) is 3.87. The first-order valence-corrected chi connectivity index (χ1v) is 11.8. The molecule has 1 aromatic carbocycles. The minimum absolute atomic E-state index is 0.115. The number of thioether (sulfide) groups is 1. The van der Waals surface area contributed by atoms with E-state index < -0.39 is 0 Å². The molecule has 0 spiro atoms. The smallest absolute Gasteiger partial charge is 0.237 e. The van der Waals surface area contributed by atoms with Crippen molar-refractivity contribution in [2.24, 2.45) is 0 Å². The number of nitrogens with zero attached hydrogens (tertiary/aromatic N) is 4. The fourth-order valence-electron chi connectivity index (χ4n) is 3.94. The van der Waals surface area contributed by atoms with Crippen LogP contribution >= 0.6 is 23.1 Å². The molecule has 0 bridgehead atoms. The Kier molecular flexibility index (Phi) is 5.39. The van der Waals surface area contributed by atoms with E-state index in [1.54, 1.807) is 11.3 Å². The number of anilines is 1. The van der Waals surface area contributed by atoms with Crippen LogP contribution in [0.25, 0.3) is 10.7 Å². The highest BCUT2D eigenvalue weighted by atomic mass is 32.2. The van der Waals surface area contributed by atoms with Crippen LogP contribution in [0.5, 0.6) is 0 Å². The summed E-state index contributed by atoms with van der Waals surface area (Å²) in [6.45, 7) is 2.29. The minimum Gasteiger partial charge on any atom is -0.376 e. The second-order valence-electron chi connectivity index (χ2n) is 7.24. The maximum atomic E-state index is 12.9. The zero-order valence-electron chi connectivity index (χ0n) is 16.0. The van der Waals surface area contributed by atoms with Gasteiger partial charge in [-0.3, -0.25) is 9.36 Å². The van der Waals surface area contributed by atoms with Gasteiger partial charge in [0.2, 0.25) is 5.91 Å².